The van der Waals surface area contributed by atoms with E-state index >= 15 is 0 Å². The van der Waals surface area contributed by atoms with Crippen molar-refractivity contribution >= 4 is 11.6 Å². The van der Waals surface area contributed by atoms with Gasteiger partial charge in [0.1, 0.15) is 0 Å². The highest BCUT2D eigenvalue weighted by atomic mass is 16.8. The van der Waals surface area contributed by atoms with Crippen LogP contribution in [0, 0.1) is 5.41 Å². The summed E-state index contributed by atoms with van der Waals surface area (Å²) in [6, 6.07) is 6.91. The van der Waals surface area contributed by atoms with Gasteiger partial charge in [-0.15, -0.1) is 0 Å². The van der Waals surface area contributed by atoms with Gasteiger partial charge < -0.3 is 9.47 Å². The Bertz CT molecular complexity index is 657. The van der Waals surface area contributed by atoms with Crippen molar-refractivity contribution in [2.45, 2.75) is 58.5 Å². The fraction of sp³-hybridized carbons (Fsp3) is 0.556. The topological polar surface area (TPSA) is 52.6 Å². The van der Waals surface area contributed by atoms with Gasteiger partial charge in [-0.05, 0) is 25.7 Å². The molecule has 0 N–H and O–H groups in total. The van der Waals surface area contributed by atoms with Crippen molar-refractivity contribution in [3.8, 4) is 0 Å². The quantitative estimate of drug-likeness (QED) is 0.798. The fourth-order valence-electron chi connectivity index (χ4n) is 3.62. The minimum Gasteiger partial charge on any atom is -0.337 e. The number of benzene rings is 1. The van der Waals surface area contributed by atoms with Crippen LogP contribution in [0.2, 0.25) is 0 Å². The lowest BCUT2D eigenvalue weighted by Gasteiger charge is -2.35. The smallest absolute Gasteiger partial charge is 0.232 e. The van der Waals surface area contributed by atoms with Gasteiger partial charge in [0.05, 0.1) is 6.10 Å². The summed E-state index contributed by atoms with van der Waals surface area (Å²) in [5.74, 6) is -1.83. The van der Waals surface area contributed by atoms with E-state index in [4.69, 9.17) is 9.47 Å². The fourth-order valence-corrected chi connectivity index (χ4v) is 3.62. The van der Waals surface area contributed by atoms with Gasteiger partial charge in [-0.3, -0.25) is 9.59 Å². The SMILES string of the molecule is C[C@@H]1O[C@]2(C)O[C@@]1(CC(C)(C)C)C(=O)c1ccccc1C2=O. The lowest BCUT2D eigenvalue weighted by atomic mass is 9.75. The number of ether oxygens (including phenoxy) is 2. The Morgan fingerprint density at radius 2 is 1.64 bits per heavy atom. The zero-order chi connectivity index (χ0) is 16.3. The number of carbonyl (C=O) groups excluding carboxylic acids is 2. The third-order valence-electron chi connectivity index (χ3n) is 4.44. The molecule has 0 unspecified atom stereocenters. The van der Waals surface area contributed by atoms with Gasteiger partial charge in [0.15, 0.2) is 11.4 Å². The standard InChI is InChI=1S/C18H22O4/c1-11-18(10-16(2,3)4)15(20)13-9-7-6-8-12(13)14(19)17(5,21-11)22-18/h6-9,11H,10H2,1-5H3/t11-,17+,18+/m0/s1. The van der Waals surface area contributed by atoms with E-state index in [0.29, 0.717) is 17.5 Å². The molecule has 0 aliphatic carbocycles. The molecule has 4 heteroatoms. The Hall–Kier alpha value is -1.52. The molecule has 3 rings (SSSR count). The highest BCUT2D eigenvalue weighted by Crippen LogP contribution is 2.48. The van der Waals surface area contributed by atoms with Crippen LogP contribution < -0.4 is 0 Å². The first-order valence-corrected chi connectivity index (χ1v) is 7.66. The van der Waals surface area contributed by atoms with E-state index in [9.17, 15) is 9.59 Å². The van der Waals surface area contributed by atoms with Crippen molar-refractivity contribution < 1.29 is 19.1 Å². The first kappa shape index (κ1) is 15.4. The van der Waals surface area contributed by atoms with Crippen molar-refractivity contribution in [1.29, 1.82) is 0 Å². The van der Waals surface area contributed by atoms with Crippen LogP contribution in [0.4, 0.5) is 0 Å². The van der Waals surface area contributed by atoms with Crippen molar-refractivity contribution in [1.82, 2.24) is 0 Å². The highest BCUT2D eigenvalue weighted by molar-refractivity contribution is 6.16. The van der Waals surface area contributed by atoms with Gasteiger partial charge in [0.2, 0.25) is 11.6 Å². The average molecular weight is 302 g/mol. The van der Waals surface area contributed by atoms with Gasteiger partial charge in [-0.2, -0.15) is 0 Å². The van der Waals surface area contributed by atoms with Gasteiger partial charge in [-0.25, -0.2) is 0 Å². The Labute approximate surface area is 130 Å². The Balaban J connectivity index is 2.23. The largest absolute Gasteiger partial charge is 0.337 e. The van der Waals surface area contributed by atoms with Crippen molar-refractivity contribution in [3.05, 3.63) is 35.4 Å². The molecule has 0 aromatic heterocycles. The first-order valence-electron chi connectivity index (χ1n) is 7.66. The molecule has 4 nitrogen and oxygen atoms in total. The van der Waals surface area contributed by atoms with Gasteiger partial charge in [-0.1, -0.05) is 45.0 Å². The molecule has 0 amide bonds. The van der Waals surface area contributed by atoms with Crippen LogP contribution in [0.15, 0.2) is 24.3 Å². The molecule has 1 saturated heterocycles. The summed E-state index contributed by atoms with van der Waals surface area (Å²) in [4.78, 5) is 26.0. The molecule has 3 atom stereocenters. The van der Waals surface area contributed by atoms with Crippen molar-refractivity contribution in [3.63, 3.8) is 0 Å². The predicted octanol–water partition coefficient (Wildman–Crippen LogP) is 3.39. The normalized spacial score (nSPS) is 34.5. The van der Waals surface area contributed by atoms with Crippen LogP contribution in [0.1, 0.15) is 61.8 Å². The van der Waals surface area contributed by atoms with Crippen molar-refractivity contribution in [2.75, 3.05) is 0 Å². The molecule has 0 radical (unpaired) electrons. The van der Waals surface area contributed by atoms with E-state index in [-0.39, 0.29) is 17.0 Å². The monoisotopic (exact) mass is 302 g/mol. The highest BCUT2D eigenvalue weighted by Gasteiger charge is 2.63. The van der Waals surface area contributed by atoms with Gasteiger partial charge in [0.25, 0.3) is 0 Å². The third kappa shape index (κ3) is 2.05. The van der Waals surface area contributed by atoms with Crippen LogP contribution in [0.3, 0.4) is 0 Å². The van der Waals surface area contributed by atoms with Crippen LogP contribution in [-0.4, -0.2) is 29.1 Å². The number of fused-ring (bicyclic) bond motifs is 3. The molecule has 1 aromatic carbocycles. The average Bonchev–Trinajstić information content (AvgIpc) is 2.65. The summed E-state index contributed by atoms with van der Waals surface area (Å²) < 4.78 is 11.9. The predicted molar refractivity (Wildman–Crippen MR) is 81.9 cm³/mol. The molecule has 1 aromatic rings. The third-order valence-corrected chi connectivity index (χ3v) is 4.44. The minimum atomic E-state index is -1.40. The van der Waals surface area contributed by atoms with E-state index < -0.39 is 17.5 Å². The lowest BCUT2D eigenvalue weighted by Crippen LogP contribution is -2.49. The van der Waals surface area contributed by atoms with Crippen LogP contribution in [0.25, 0.3) is 0 Å². The van der Waals surface area contributed by atoms with Gasteiger partial charge in [0, 0.05) is 11.1 Å². The molecular formula is C18H22O4. The zero-order valence-electron chi connectivity index (χ0n) is 13.7. The number of hydrogen-bond acceptors (Lipinski definition) is 4. The molecule has 0 spiro atoms. The van der Waals surface area contributed by atoms with Gasteiger partial charge >= 0.3 is 0 Å². The van der Waals surface area contributed by atoms with E-state index in [1.54, 1.807) is 31.2 Å². The van der Waals surface area contributed by atoms with E-state index in [1.807, 2.05) is 6.92 Å². The summed E-state index contributed by atoms with van der Waals surface area (Å²) in [6.45, 7) is 9.60. The maximum atomic E-state index is 13.2. The molecular weight excluding hydrogens is 280 g/mol. The number of hydrogen-bond donors (Lipinski definition) is 0. The summed E-state index contributed by atoms with van der Waals surface area (Å²) in [5.41, 5.74) is -0.427. The number of carbonyl (C=O) groups is 2. The molecule has 2 aliphatic heterocycles. The second kappa shape index (κ2) is 4.49. The number of Topliss-reactive ketones (excluding diaryl/α,β-unsaturated/α-hetero) is 2. The second-order valence-electron chi connectivity index (χ2n) is 7.64. The molecule has 2 aliphatic rings. The summed E-state index contributed by atoms with van der Waals surface area (Å²) in [5, 5.41) is 0. The van der Waals surface area contributed by atoms with Crippen LogP contribution in [0.5, 0.6) is 0 Å². The Morgan fingerprint density at radius 1 is 1.09 bits per heavy atom. The zero-order valence-corrected chi connectivity index (χ0v) is 13.7. The number of rotatable bonds is 1. The Kier molecular flexibility index (Phi) is 3.14. The molecule has 118 valence electrons. The van der Waals surface area contributed by atoms with E-state index in [1.165, 1.54) is 0 Å². The summed E-state index contributed by atoms with van der Waals surface area (Å²) in [7, 11) is 0. The summed E-state index contributed by atoms with van der Waals surface area (Å²) >= 11 is 0. The molecule has 2 bridgehead atoms. The van der Waals surface area contributed by atoms with Crippen molar-refractivity contribution in [2.24, 2.45) is 5.41 Å². The maximum absolute atomic E-state index is 13.2. The molecule has 1 fully saturated rings. The van der Waals surface area contributed by atoms with Crippen LogP contribution >= 0.6 is 0 Å². The molecule has 0 saturated carbocycles. The summed E-state index contributed by atoms with van der Waals surface area (Å²) in [6.07, 6.45) is 0.0264. The van der Waals surface area contributed by atoms with Crippen LogP contribution in [-0.2, 0) is 9.47 Å². The molecule has 2 heterocycles. The lowest BCUT2D eigenvalue weighted by molar-refractivity contribution is -0.136. The van der Waals surface area contributed by atoms with E-state index in [2.05, 4.69) is 20.8 Å². The second-order valence-corrected chi connectivity index (χ2v) is 7.64. The number of ketones is 2. The minimum absolute atomic E-state index is 0.138. The van der Waals surface area contributed by atoms with E-state index in [0.717, 1.165) is 0 Å². The molecule has 22 heavy (non-hydrogen) atoms. The Morgan fingerprint density at radius 3 is 2.18 bits per heavy atom. The first-order chi connectivity index (χ1) is 10.1. The maximum Gasteiger partial charge on any atom is 0.232 e.